The topological polar surface area (TPSA) is 148 Å². The molecule has 0 saturated carbocycles. The summed E-state index contributed by atoms with van der Waals surface area (Å²) < 4.78 is 24.1. The highest BCUT2D eigenvalue weighted by Gasteiger charge is 2.39. The summed E-state index contributed by atoms with van der Waals surface area (Å²) in [7, 11) is 4.44. The van der Waals surface area contributed by atoms with Gasteiger partial charge in [-0.3, -0.25) is 13.9 Å². The molecule has 13 nitrogen and oxygen atoms in total. The first-order valence-electron chi connectivity index (χ1n) is 17.1. The lowest BCUT2D eigenvalue weighted by Gasteiger charge is -2.20. The van der Waals surface area contributed by atoms with Crippen LogP contribution in [0.5, 0.6) is 5.88 Å². The van der Waals surface area contributed by atoms with Gasteiger partial charge in [0, 0.05) is 43.9 Å². The van der Waals surface area contributed by atoms with Crippen molar-refractivity contribution in [1.29, 1.82) is 0 Å². The largest absolute Gasteiger partial charge is 0.481 e. The second kappa shape index (κ2) is 13.7. The molecule has 2 fully saturated rings. The van der Waals surface area contributed by atoms with E-state index in [1.54, 1.807) is 33.1 Å². The first kappa shape index (κ1) is 35.1. The van der Waals surface area contributed by atoms with Crippen molar-refractivity contribution in [1.82, 2.24) is 40.0 Å². The number of pyridine rings is 1. The highest BCUT2D eigenvalue weighted by molar-refractivity contribution is 6.36. The van der Waals surface area contributed by atoms with E-state index in [-0.39, 0.29) is 39.9 Å². The third kappa shape index (κ3) is 6.05. The lowest BCUT2D eigenvalue weighted by molar-refractivity contribution is 0.245. The SMILES string of the molecule is COc1nc(-c2cccc(-c3cccc(N(F)c4nc(C)nc5c4c(=O)n(C)c(=O)n5C)c3C)c2Cl)cc2c1CCC2.O=C1NCC2(CCNC2)N1. The number of carbonyl (C=O) groups is 1. The minimum Gasteiger partial charge on any atom is -0.481 e. The number of fused-ring (bicyclic) bond motifs is 2. The number of nitrogens with zero attached hydrogens (tertiary/aromatic N) is 6. The third-order valence-electron chi connectivity index (χ3n) is 10.1. The number of amides is 2. The molecule has 5 heterocycles. The van der Waals surface area contributed by atoms with Crippen LogP contribution in [0.15, 0.2) is 52.1 Å². The van der Waals surface area contributed by atoms with E-state index >= 15 is 4.48 Å². The first-order chi connectivity index (χ1) is 24.9. The Hall–Kier alpha value is -5.34. The van der Waals surface area contributed by atoms with Gasteiger partial charge in [-0.05, 0) is 74.9 Å². The molecule has 3 N–H and O–H groups in total. The smallest absolute Gasteiger partial charge is 0.332 e. The highest BCUT2D eigenvalue weighted by atomic mass is 35.5. The summed E-state index contributed by atoms with van der Waals surface area (Å²) in [6.45, 7) is 6.06. The molecular weight excluding hydrogens is 689 g/mol. The van der Waals surface area contributed by atoms with Gasteiger partial charge >= 0.3 is 11.7 Å². The average molecular weight is 728 g/mol. The molecule has 8 rings (SSSR count). The third-order valence-corrected chi connectivity index (χ3v) is 10.5. The van der Waals surface area contributed by atoms with Crippen molar-refractivity contribution in [2.24, 2.45) is 14.1 Å². The molecule has 1 atom stereocenters. The van der Waals surface area contributed by atoms with E-state index in [0.29, 0.717) is 38.4 Å². The van der Waals surface area contributed by atoms with Crippen LogP contribution in [0.3, 0.4) is 0 Å². The van der Waals surface area contributed by atoms with Crippen LogP contribution in [0.1, 0.15) is 35.4 Å². The number of anilines is 2. The van der Waals surface area contributed by atoms with Gasteiger partial charge in [-0.25, -0.2) is 24.5 Å². The van der Waals surface area contributed by atoms with Gasteiger partial charge in [0.1, 0.15) is 11.2 Å². The van der Waals surface area contributed by atoms with Gasteiger partial charge in [-0.2, -0.15) is 5.12 Å². The zero-order valence-electron chi connectivity index (χ0n) is 29.6. The molecule has 2 saturated heterocycles. The molecule has 5 aromatic rings. The maximum absolute atomic E-state index is 16.4. The summed E-state index contributed by atoms with van der Waals surface area (Å²) in [5, 5.41) is 9.64. The Labute approximate surface area is 303 Å². The van der Waals surface area contributed by atoms with Crippen LogP contribution in [-0.4, -0.2) is 62.4 Å². The number of hydrogen-bond donors (Lipinski definition) is 3. The number of benzene rings is 2. The van der Waals surface area contributed by atoms with Crippen LogP contribution < -0.4 is 37.1 Å². The molecule has 270 valence electrons. The van der Waals surface area contributed by atoms with E-state index in [0.717, 1.165) is 61.0 Å². The Bertz CT molecular complexity index is 2370. The fraction of sp³-hybridized carbons (Fsp3) is 0.351. The lowest BCUT2D eigenvalue weighted by atomic mass is 9.96. The number of halogens is 2. The quantitative estimate of drug-likeness (QED) is 0.222. The predicted molar refractivity (Wildman–Crippen MR) is 198 cm³/mol. The van der Waals surface area contributed by atoms with E-state index in [1.165, 1.54) is 24.2 Å². The molecule has 2 amide bonds. The van der Waals surface area contributed by atoms with E-state index in [9.17, 15) is 14.4 Å². The zero-order valence-corrected chi connectivity index (χ0v) is 30.3. The number of carbonyl (C=O) groups excluding carboxylic acids is 1. The van der Waals surface area contributed by atoms with Crippen molar-refractivity contribution in [2.75, 3.05) is 31.9 Å². The van der Waals surface area contributed by atoms with Crippen molar-refractivity contribution in [3.8, 4) is 28.3 Å². The molecule has 1 unspecified atom stereocenters. The summed E-state index contributed by atoms with van der Waals surface area (Å²) in [6.07, 6.45) is 4.00. The average Bonchev–Trinajstić information content (AvgIpc) is 3.90. The van der Waals surface area contributed by atoms with Crippen LogP contribution in [0.4, 0.5) is 20.8 Å². The number of urea groups is 1. The normalized spacial score (nSPS) is 17.5. The number of nitrogens with one attached hydrogen (secondary N) is 3. The summed E-state index contributed by atoms with van der Waals surface area (Å²) >= 11 is 7.03. The lowest BCUT2D eigenvalue weighted by Crippen LogP contribution is -2.45. The van der Waals surface area contributed by atoms with E-state index in [2.05, 4.69) is 32.0 Å². The summed E-state index contributed by atoms with van der Waals surface area (Å²) in [6, 6.07) is 12.9. The number of hydrogen-bond acceptors (Lipinski definition) is 9. The number of aromatic nitrogens is 5. The van der Waals surface area contributed by atoms with E-state index in [1.807, 2.05) is 24.3 Å². The minimum absolute atomic E-state index is 0.0244. The maximum atomic E-state index is 16.4. The number of methoxy groups -OCH3 is 1. The summed E-state index contributed by atoms with van der Waals surface area (Å²) in [5.74, 6) is 0.581. The Kier molecular flexibility index (Phi) is 9.21. The number of ether oxygens (including phenoxy) is 1. The maximum Gasteiger partial charge on any atom is 0.332 e. The molecule has 15 heteroatoms. The second-order valence-electron chi connectivity index (χ2n) is 13.4. The van der Waals surface area contributed by atoms with Crippen molar-refractivity contribution in [3.63, 3.8) is 0 Å². The number of aryl methyl sites for hydroxylation is 3. The molecule has 3 aromatic heterocycles. The molecule has 52 heavy (non-hydrogen) atoms. The van der Waals surface area contributed by atoms with Crippen molar-refractivity contribution in [3.05, 3.63) is 90.8 Å². The fourth-order valence-corrected chi connectivity index (χ4v) is 7.63. The molecule has 1 aliphatic carbocycles. The van der Waals surface area contributed by atoms with Crippen molar-refractivity contribution < 1.29 is 14.0 Å². The van der Waals surface area contributed by atoms with E-state index in [4.69, 9.17) is 21.3 Å². The standard InChI is InChI=1S/C31H28ClFN6O3.C6H11N3O/c1-16-19(21-12-7-13-22(26(21)32)23-15-18-9-6-11-20(18)29(36-23)42-5)10-8-14-24(16)39(33)28-25-27(34-17(2)35-28)37(3)31(41)38(4)30(25)40;10-5-8-4-6(9-5)1-2-7-3-6/h7-8,10,12-15H,6,9,11H2,1-5H3;7H,1-4H2,(H2,8,9,10). The molecule has 0 radical (unpaired) electrons. The highest BCUT2D eigenvalue weighted by Crippen LogP contribution is 2.42. The van der Waals surface area contributed by atoms with Crippen LogP contribution >= 0.6 is 11.6 Å². The molecular formula is C37H39ClFN9O4. The van der Waals surface area contributed by atoms with Crippen LogP contribution in [-0.2, 0) is 26.9 Å². The predicted octanol–water partition coefficient (Wildman–Crippen LogP) is 4.58. The molecule has 3 aliphatic rings. The Morgan fingerprint density at radius 2 is 1.71 bits per heavy atom. The molecule has 2 aromatic carbocycles. The minimum atomic E-state index is -0.687. The second-order valence-corrected chi connectivity index (χ2v) is 13.8. The van der Waals surface area contributed by atoms with Crippen LogP contribution in [0.2, 0.25) is 5.02 Å². The first-order valence-corrected chi connectivity index (χ1v) is 17.4. The van der Waals surface area contributed by atoms with Crippen molar-refractivity contribution >= 4 is 40.2 Å². The summed E-state index contributed by atoms with van der Waals surface area (Å²) in [4.78, 5) is 49.7. The van der Waals surface area contributed by atoms with Gasteiger partial charge in [0.25, 0.3) is 5.56 Å². The fourth-order valence-electron chi connectivity index (χ4n) is 7.30. The van der Waals surface area contributed by atoms with Crippen LogP contribution in [0, 0.1) is 13.8 Å². The Morgan fingerprint density at radius 1 is 0.962 bits per heavy atom. The summed E-state index contributed by atoms with van der Waals surface area (Å²) in [5.41, 5.74) is 4.78. The monoisotopic (exact) mass is 727 g/mol. The number of rotatable bonds is 5. The van der Waals surface area contributed by atoms with Crippen LogP contribution in [0.25, 0.3) is 33.4 Å². The Morgan fingerprint density at radius 3 is 2.42 bits per heavy atom. The van der Waals surface area contributed by atoms with Crippen molar-refractivity contribution in [2.45, 2.75) is 45.1 Å². The van der Waals surface area contributed by atoms with Gasteiger partial charge in [-0.15, -0.1) is 0 Å². The van der Waals surface area contributed by atoms with Gasteiger partial charge in [0.05, 0.1) is 29.1 Å². The molecule has 0 bridgehead atoms. The van der Waals surface area contributed by atoms with E-state index < -0.39 is 11.2 Å². The van der Waals surface area contributed by atoms with Gasteiger partial charge < -0.3 is 20.7 Å². The van der Waals surface area contributed by atoms with Gasteiger partial charge in [0.15, 0.2) is 11.5 Å². The molecule has 1 spiro atoms. The van der Waals surface area contributed by atoms with Gasteiger partial charge in [0.2, 0.25) is 5.88 Å². The molecule has 2 aliphatic heterocycles. The van der Waals surface area contributed by atoms with Gasteiger partial charge in [-0.1, -0.05) is 46.4 Å². The zero-order chi connectivity index (χ0) is 36.9. The Balaban J connectivity index is 0.000000360.